The van der Waals surface area contributed by atoms with Crippen molar-refractivity contribution in [3.8, 4) is 0 Å². The predicted molar refractivity (Wildman–Crippen MR) is 96.3 cm³/mol. The number of alkyl halides is 6. The van der Waals surface area contributed by atoms with E-state index in [1.165, 1.54) is 13.8 Å². The van der Waals surface area contributed by atoms with Crippen LogP contribution < -0.4 is 5.32 Å². The van der Waals surface area contributed by atoms with Crippen LogP contribution in [0, 0.1) is 0 Å². The number of nitrogens with one attached hydrogen (secondary N) is 1. The summed E-state index contributed by atoms with van der Waals surface area (Å²) in [5, 5.41) is 25.4. The lowest BCUT2D eigenvalue weighted by Crippen LogP contribution is -2.61. The molecule has 0 amide bonds. The SMILES string of the molecule is C/C(=N\O)C1(O)CC[C@](C)(CO[C@H](C)c2cc(C(F)(F)F)cc(C(F)(F)F)c2)NC1. The van der Waals surface area contributed by atoms with Crippen molar-refractivity contribution in [3.05, 3.63) is 34.9 Å². The average Bonchev–Trinajstić information content (AvgIpc) is 2.66. The van der Waals surface area contributed by atoms with Crippen LogP contribution in [0.5, 0.6) is 0 Å². The smallest absolute Gasteiger partial charge is 0.411 e. The summed E-state index contributed by atoms with van der Waals surface area (Å²) in [4.78, 5) is 0. The van der Waals surface area contributed by atoms with Gasteiger partial charge in [-0.3, -0.25) is 0 Å². The minimum atomic E-state index is -4.93. The molecule has 1 aromatic carbocycles. The molecule has 3 N–H and O–H groups in total. The normalized spacial score (nSPS) is 27.2. The Morgan fingerprint density at radius 3 is 2.07 bits per heavy atom. The maximum absolute atomic E-state index is 13.0. The van der Waals surface area contributed by atoms with Gasteiger partial charge in [-0.05, 0) is 57.4 Å². The Morgan fingerprint density at radius 1 is 1.13 bits per heavy atom. The highest BCUT2D eigenvalue weighted by atomic mass is 19.4. The van der Waals surface area contributed by atoms with Gasteiger partial charge in [0.2, 0.25) is 0 Å². The van der Waals surface area contributed by atoms with Crippen LogP contribution >= 0.6 is 0 Å². The molecule has 1 unspecified atom stereocenters. The Hall–Kier alpha value is -1.85. The molecule has 3 atom stereocenters. The van der Waals surface area contributed by atoms with Crippen LogP contribution in [0.15, 0.2) is 23.4 Å². The van der Waals surface area contributed by atoms with Crippen LogP contribution in [0.1, 0.15) is 56.4 Å². The Bertz CT molecular complexity index is 751. The van der Waals surface area contributed by atoms with Crippen LogP contribution in [0.2, 0.25) is 0 Å². The molecule has 0 spiro atoms. The van der Waals surface area contributed by atoms with Crippen molar-refractivity contribution in [1.29, 1.82) is 0 Å². The summed E-state index contributed by atoms with van der Waals surface area (Å²) in [6.07, 6.45) is -10.3. The number of aliphatic hydroxyl groups is 1. The summed E-state index contributed by atoms with van der Waals surface area (Å²) in [5.41, 5.74) is -4.92. The molecule has 1 heterocycles. The van der Waals surface area contributed by atoms with Crippen molar-refractivity contribution < 1.29 is 41.4 Å². The summed E-state index contributed by atoms with van der Waals surface area (Å²) < 4.78 is 83.8. The summed E-state index contributed by atoms with van der Waals surface area (Å²) in [7, 11) is 0. The largest absolute Gasteiger partial charge is 0.416 e. The van der Waals surface area contributed by atoms with Gasteiger partial charge in [-0.1, -0.05) is 5.16 Å². The molecule has 11 heteroatoms. The minimum Gasteiger partial charge on any atom is -0.411 e. The van der Waals surface area contributed by atoms with Crippen molar-refractivity contribution in [3.63, 3.8) is 0 Å². The summed E-state index contributed by atoms with van der Waals surface area (Å²) >= 11 is 0. The van der Waals surface area contributed by atoms with E-state index in [9.17, 15) is 31.4 Å². The third-order valence-electron chi connectivity index (χ3n) is 5.45. The zero-order valence-corrected chi connectivity index (χ0v) is 16.7. The van der Waals surface area contributed by atoms with E-state index >= 15 is 0 Å². The Morgan fingerprint density at radius 2 is 1.67 bits per heavy atom. The third kappa shape index (κ3) is 5.64. The van der Waals surface area contributed by atoms with E-state index in [0.29, 0.717) is 18.6 Å². The van der Waals surface area contributed by atoms with Gasteiger partial charge in [0.1, 0.15) is 5.60 Å². The number of nitrogens with zero attached hydrogens (tertiary/aromatic N) is 1. The maximum Gasteiger partial charge on any atom is 0.416 e. The molecular formula is C19H24F6N2O3. The number of ether oxygens (including phenoxy) is 1. The van der Waals surface area contributed by atoms with E-state index in [0.717, 1.165) is 0 Å². The van der Waals surface area contributed by atoms with Gasteiger partial charge in [-0.2, -0.15) is 26.3 Å². The van der Waals surface area contributed by atoms with Crippen molar-refractivity contribution >= 4 is 5.71 Å². The fraction of sp³-hybridized carbons (Fsp3) is 0.632. The number of rotatable bonds is 5. The van der Waals surface area contributed by atoms with Crippen LogP contribution in [0.25, 0.3) is 0 Å². The lowest BCUT2D eigenvalue weighted by Gasteiger charge is -2.43. The fourth-order valence-electron chi connectivity index (χ4n) is 3.16. The van der Waals surface area contributed by atoms with Gasteiger partial charge >= 0.3 is 12.4 Å². The molecule has 1 aliphatic rings. The number of oxime groups is 1. The van der Waals surface area contributed by atoms with Crippen LogP contribution in [-0.2, 0) is 17.1 Å². The van der Waals surface area contributed by atoms with E-state index in [2.05, 4.69) is 10.5 Å². The van der Waals surface area contributed by atoms with E-state index in [-0.39, 0.29) is 36.9 Å². The molecule has 0 bridgehead atoms. The molecule has 5 nitrogen and oxygen atoms in total. The topological polar surface area (TPSA) is 74.1 Å². The van der Waals surface area contributed by atoms with Gasteiger partial charge in [-0.15, -0.1) is 0 Å². The molecule has 0 aliphatic carbocycles. The first-order chi connectivity index (χ1) is 13.6. The number of β-amino-alcohol motifs (C(OH)–C–C–N with tert-alkyl or cyclic N) is 1. The van der Waals surface area contributed by atoms with E-state index in [4.69, 9.17) is 9.94 Å². The lowest BCUT2D eigenvalue weighted by atomic mass is 9.81. The number of piperidine rings is 1. The Balaban J connectivity index is 2.14. The molecule has 0 aromatic heterocycles. The second kappa shape index (κ2) is 8.35. The molecule has 2 rings (SSSR count). The Labute approximate surface area is 169 Å². The first kappa shape index (κ1) is 24.4. The standard InChI is InChI=1S/C19H24F6N2O3/c1-11(13-6-14(18(20,21)22)8-15(7-13)19(23,24)25)30-10-16(3)4-5-17(28,9-26-16)12(2)27-29/h6-8,11,26,28-29H,4-5,9-10H2,1-3H3/b27-12+/t11-,16-,17?/m1/s1. The van der Waals surface area contributed by atoms with Gasteiger partial charge in [0, 0.05) is 12.1 Å². The monoisotopic (exact) mass is 442 g/mol. The second-order valence-electron chi connectivity index (χ2n) is 7.92. The Kier molecular flexibility index (Phi) is 6.80. The molecule has 1 aliphatic heterocycles. The number of hydrogen-bond donors (Lipinski definition) is 3. The van der Waals surface area contributed by atoms with Gasteiger partial charge < -0.3 is 20.4 Å². The molecule has 1 saturated heterocycles. The van der Waals surface area contributed by atoms with Crippen molar-refractivity contribution in [2.75, 3.05) is 13.2 Å². The van der Waals surface area contributed by atoms with E-state index in [1.807, 2.05) is 0 Å². The number of halogens is 6. The highest BCUT2D eigenvalue weighted by molar-refractivity contribution is 5.90. The molecule has 0 saturated carbocycles. The summed E-state index contributed by atoms with van der Waals surface area (Å²) in [6, 6.07) is 1.37. The quantitative estimate of drug-likeness (QED) is 0.271. The fourth-order valence-corrected chi connectivity index (χ4v) is 3.16. The number of hydrogen-bond acceptors (Lipinski definition) is 5. The molecule has 0 radical (unpaired) electrons. The lowest BCUT2D eigenvalue weighted by molar-refractivity contribution is -0.143. The van der Waals surface area contributed by atoms with Crippen LogP contribution in [0.4, 0.5) is 26.3 Å². The molecule has 1 fully saturated rings. The second-order valence-corrected chi connectivity index (χ2v) is 7.92. The van der Waals surface area contributed by atoms with Gasteiger partial charge in [0.05, 0.1) is 29.5 Å². The highest BCUT2D eigenvalue weighted by Crippen LogP contribution is 2.38. The van der Waals surface area contributed by atoms with Crippen LogP contribution in [0.3, 0.4) is 0 Å². The zero-order valence-electron chi connectivity index (χ0n) is 16.7. The number of benzene rings is 1. The van der Waals surface area contributed by atoms with E-state index < -0.39 is 40.7 Å². The van der Waals surface area contributed by atoms with Gasteiger partial charge in [0.25, 0.3) is 0 Å². The van der Waals surface area contributed by atoms with Crippen molar-refractivity contribution in [1.82, 2.24) is 5.32 Å². The third-order valence-corrected chi connectivity index (χ3v) is 5.45. The average molecular weight is 442 g/mol. The van der Waals surface area contributed by atoms with E-state index in [1.54, 1.807) is 6.92 Å². The molecular weight excluding hydrogens is 418 g/mol. The predicted octanol–water partition coefficient (Wildman–Crippen LogP) is 4.53. The van der Waals surface area contributed by atoms with Crippen molar-refractivity contribution in [2.45, 2.75) is 63.2 Å². The zero-order chi connectivity index (χ0) is 23.0. The van der Waals surface area contributed by atoms with Crippen LogP contribution in [-0.4, -0.2) is 40.3 Å². The summed E-state index contributed by atoms with van der Waals surface area (Å²) in [5.74, 6) is 0. The first-order valence-corrected chi connectivity index (χ1v) is 9.17. The molecule has 1 aromatic rings. The van der Waals surface area contributed by atoms with Gasteiger partial charge in [0.15, 0.2) is 0 Å². The first-order valence-electron chi connectivity index (χ1n) is 9.17. The highest BCUT2D eigenvalue weighted by Gasteiger charge is 2.42. The maximum atomic E-state index is 13.0. The molecule has 30 heavy (non-hydrogen) atoms. The summed E-state index contributed by atoms with van der Waals surface area (Å²) in [6.45, 7) is 4.64. The minimum absolute atomic E-state index is 0.0167. The van der Waals surface area contributed by atoms with Gasteiger partial charge in [-0.25, -0.2) is 0 Å². The molecule has 170 valence electrons. The van der Waals surface area contributed by atoms with Crippen molar-refractivity contribution in [2.24, 2.45) is 5.16 Å².